The summed E-state index contributed by atoms with van der Waals surface area (Å²) in [6.07, 6.45) is 16.1. The maximum absolute atomic E-state index is 11.3. The highest BCUT2D eigenvalue weighted by atomic mass is 16.3. The van der Waals surface area contributed by atoms with E-state index in [2.05, 4.69) is 31.1 Å². The first-order valence-corrected chi connectivity index (χ1v) is 11.3. The van der Waals surface area contributed by atoms with Crippen LogP contribution in [0.3, 0.4) is 0 Å². The summed E-state index contributed by atoms with van der Waals surface area (Å²) in [7, 11) is 1.99. The Kier molecular flexibility index (Phi) is 4.13. The van der Waals surface area contributed by atoms with E-state index >= 15 is 0 Å². The Morgan fingerprint density at radius 1 is 1.07 bits per heavy atom. The minimum Gasteiger partial charge on any atom is -0.388 e. The molecular weight excluding hydrogens is 332 g/mol. The number of rotatable bonds is 1. The molecule has 4 aliphatic carbocycles. The van der Waals surface area contributed by atoms with Gasteiger partial charge < -0.3 is 5.11 Å². The summed E-state index contributed by atoms with van der Waals surface area (Å²) in [5.74, 6) is 3.33. The van der Waals surface area contributed by atoms with Crippen molar-refractivity contribution < 1.29 is 5.11 Å². The molecule has 7 atom stereocenters. The van der Waals surface area contributed by atoms with Crippen molar-refractivity contribution in [3.05, 3.63) is 23.5 Å². The van der Waals surface area contributed by atoms with Gasteiger partial charge in [-0.25, -0.2) is 0 Å². The molecule has 0 bridgehead atoms. The van der Waals surface area contributed by atoms with Crippen molar-refractivity contribution in [2.45, 2.75) is 77.7 Å². The molecule has 3 nitrogen and oxygen atoms in total. The summed E-state index contributed by atoms with van der Waals surface area (Å²) in [6, 6.07) is 2.06. The zero-order valence-electron chi connectivity index (χ0n) is 17.3. The van der Waals surface area contributed by atoms with Crippen LogP contribution in [0.15, 0.2) is 17.8 Å². The van der Waals surface area contributed by atoms with Crippen LogP contribution >= 0.6 is 0 Å². The first-order valence-electron chi connectivity index (χ1n) is 11.3. The van der Waals surface area contributed by atoms with Gasteiger partial charge in [0.15, 0.2) is 0 Å². The first-order chi connectivity index (χ1) is 12.9. The van der Waals surface area contributed by atoms with Crippen LogP contribution in [0.25, 0.3) is 6.08 Å². The van der Waals surface area contributed by atoms with Crippen molar-refractivity contribution in [3.63, 3.8) is 0 Å². The molecule has 0 unspecified atom stereocenters. The Balaban J connectivity index is 1.47. The van der Waals surface area contributed by atoms with Crippen LogP contribution in [-0.4, -0.2) is 21.0 Å². The smallest absolute Gasteiger partial charge is 0.0810 e. The molecular formula is C24H36N2O. The number of aliphatic hydroxyl groups excluding tert-OH is 1. The molecule has 1 aromatic rings. The fraction of sp³-hybridized carbons (Fsp3) is 0.792. The average molecular weight is 369 g/mol. The molecule has 27 heavy (non-hydrogen) atoms. The number of aliphatic hydroxyl groups is 1. The molecule has 1 aromatic heterocycles. The van der Waals surface area contributed by atoms with Gasteiger partial charge in [0.25, 0.3) is 0 Å². The zero-order valence-corrected chi connectivity index (χ0v) is 17.3. The fourth-order valence-corrected chi connectivity index (χ4v) is 8.01. The van der Waals surface area contributed by atoms with E-state index in [1.807, 2.05) is 17.9 Å². The average Bonchev–Trinajstić information content (AvgIpc) is 3.17. The number of hydrogen-bond donors (Lipinski definition) is 1. The SMILES string of the molecule is Cn1nccc1/C=C1/C[C@@H]2[C@H]3CC[C@H]4CCCC[C@]4(C)[C@@H]3CC[C@]2(C)[C@@H]1O. The molecule has 3 heteroatoms. The minimum absolute atomic E-state index is 0.0729. The Morgan fingerprint density at radius 2 is 1.93 bits per heavy atom. The van der Waals surface area contributed by atoms with Gasteiger partial charge in [-0.3, -0.25) is 4.68 Å². The van der Waals surface area contributed by atoms with E-state index in [9.17, 15) is 5.11 Å². The van der Waals surface area contributed by atoms with E-state index in [-0.39, 0.29) is 11.5 Å². The summed E-state index contributed by atoms with van der Waals surface area (Å²) < 4.78 is 1.92. The van der Waals surface area contributed by atoms with E-state index in [0.29, 0.717) is 11.3 Å². The number of nitrogens with zero attached hydrogens (tertiary/aromatic N) is 2. The molecule has 4 aliphatic rings. The Labute approximate surface area is 164 Å². The molecule has 148 valence electrons. The van der Waals surface area contributed by atoms with E-state index in [0.717, 1.165) is 29.9 Å². The zero-order chi connectivity index (χ0) is 18.8. The number of aryl methyl sites for hydroxylation is 1. The van der Waals surface area contributed by atoms with Crippen molar-refractivity contribution in [2.75, 3.05) is 0 Å². The molecule has 0 saturated heterocycles. The molecule has 4 fully saturated rings. The summed E-state index contributed by atoms with van der Waals surface area (Å²) in [4.78, 5) is 0. The third kappa shape index (κ3) is 2.53. The van der Waals surface area contributed by atoms with Gasteiger partial charge in [-0.05, 0) is 91.7 Å². The van der Waals surface area contributed by atoms with Crippen LogP contribution in [0, 0.1) is 34.5 Å². The van der Waals surface area contributed by atoms with Crippen molar-refractivity contribution in [3.8, 4) is 0 Å². The molecule has 1 N–H and O–H groups in total. The normalized spacial score (nSPS) is 48.1. The molecule has 5 rings (SSSR count). The second-order valence-corrected chi connectivity index (χ2v) is 10.7. The third-order valence-corrected chi connectivity index (χ3v) is 9.64. The maximum atomic E-state index is 11.3. The summed E-state index contributed by atoms with van der Waals surface area (Å²) in [5.41, 5.74) is 3.01. The highest BCUT2D eigenvalue weighted by Crippen LogP contribution is 2.66. The predicted molar refractivity (Wildman–Crippen MR) is 109 cm³/mol. The summed E-state index contributed by atoms with van der Waals surface area (Å²) in [6.45, 7) is 5.02. The van der Waals surface area contributed by atoms with Crippen LogP contribution in [0.2, 0.25) is 0 Å². The molecule has 0 aliphatic heterocycles. The third-order valence-electron chi connectivity index (χ3n) is 9.64. The van der Waals surface area contributed by atoms with Gasteiger partial charge >= 0.3 is 0 Å². The van der Waals surface area contributed by atoms with Gasteiger partial charge in [0, 0.05) is 18.7 Å². The predicted octanol–water partition coefficient (Wildman–Crippen LogP) is 5.21. The topological polar surface area (TPSA) is 38.0 Å². The standard InChI is InChI=1S/C24H36N2O/c1-23-11-5-4-6-17(23)7-8-19-20(23)9-12-24(2)21(19)15-16(22(24)27)14-18-10-13-25-26(18)3/h10,13-14,17,19-22,27H,4-9,11-12,15H2,1-3H3/b16-14-/t17-,19+,20-,21-,22-,23+,24+/m1/s1. The van der Waals surface area contributed by atoms with Gasteiger partial charge in [-0.1, -0.05) is 26.7 Å². The Bertz CT molecular complexity index is 751. The largest absolute Gasteiger partial charge is 0.388 e. The van der Waals surface area contributed by atoms with Crippen LogP contribution in [0.5, 0.6) is 0 Å². The highest BCUT2D eigenvalue weighted by Gasteiger charge is 2.60. The van der Waals surface area contributed by atoms with Gasteiger partial charge in [-0.15, -0.1) is 0 Å². The first kappa shape index (κ1) is 18.0. The van der Waals surface area contributed by atoms with E-state index < -0.39 is 0 Å². The maximum Gasteiger partial charge on any atom is 0.0810 e. The molecule has 1 heterocycles. The van der Waals surface area contributed by atoms with Gasteiger partial charge in [-0.2, -0.15) is 5.10 Å². The lowest BCUT2D eigenvalue weighted by molar-refractivity contribution is -0.119. The van der Waals surface area contributed by atoms with Crippen LogP contribution in [0.4, 0.5) is 0 Å². The molecule has 0 radical (unpaired) electrons. The van der Waals surface area contributed by atoms with Crippen molar-refractivity contribution in [2.24, 2.45) is 41.5 Å². The van der Waals surface area contributed by atoms with E-state index in [4.69, 9.17) is 0 Å². The number of hydrogen-bond acceptors (Lipinski definition) is 2. The quantitative estimate of drug-likeness (QED) is 0.739. The molecule has 0 amide bonds. The summed E-state index contributed by atoms with van der Waals surface area (Å²) >= 11 is 0. The molecule has 0 aromatic carbocycles. The lowest BCUT2D eigenvalue weighted by atomic mass is 9.45. The second-order valence-electron chi connectivity index (χ2n) is 10.7. The molecule has 4 saturated carbocycles. The highest BCUT2D eigenvalue weighted by molar-refractivity contribution is 5.52. The van der Waals surface area contributed by atoms with Crippen molar-refractivity contribution in [1.82, 2.24) is 9.78 Å². The van der Waals surface area contributed by atoms with Gasteiger partial charge in [0.2, 0.25) is 0 Å². The Morgan fingerprint density at radius 3 is 2.70 bits per heavy atom. The van der Waals surface area contributed by atoms with Crippen molar-refractivity contribution in [1.29, 1.82) is 0 Å². The van der Waals surface area contributed by atoms with Crippen LogP contribution in [-0.2, 0) is 7.05 Å². The van der Waals surface area contributed by atoms with Crippen LogP contribution in [0.1, 0.15) is 77.3 Å². The van der Waals surface area contributed by atoms with E-state index in [1.165, 1.54) is 56.9 Å². The van der Waals surface area contributed by atoms with Crippen molar-refractivity contribution >= 4 is 6.08 Å². The lowest BCUT2D eigenvalue weighted by Crippen LogP contribution is -2.53. The minimum atomic E-state index is -0.282. The second kappa shape index (κ2) is 6.20. The summed E-state index contributed by atoms with van der Waals surface area (Å²) in [5, 5.41) is 15.6. The van der Waals surface area contributed by atoms with Gasteiger partial charge in [0.05, 0.1) is 11.8 Å². The fourth-order valence-electron chi connectivity index (χ4n) is 8.01. The Hall–Kier alpha value is -1.09. The number of fused-ring (bicyclic) bond motifs is 5. The monoisotopic (exact) mass is 368 g/mol. The number of aromatic nitrogens is 2. The van der Waals surface area contributed by atoms with E-state index in [1.54, 1.807) is 0 Å². The van der Waals surface area contributed by atoms with Crippen LogP contribution < -0.4 is 0 Å². The molecule has 0 spiro atoms. The lowest BCUT2D eigenvalue weighted by Gasteiger charge is -2.60. The van der Waals surface area contributed by atoms with Gasteiger partial charge in [0.1, 0.15) is 0 Å².